The Balaban J connectivity index is 2.50. The lowest BCUT2D eigenvalue weighted by Gasteiger charge is -2.05. The summed E-state index contributed by atoms with van der Waals surface area (Å²) in [6.45, 7) is 0. The molecule has 1 amide bonds. The van der Waals surface area contributed by atoms with Gasteiger partial charge in [0.05, 0.1) is 5.69 Å². The van der Waals surface area contributed by atoms with E-state index in [1.807, 2.05) is 0 Å². The molecule has 0 aromatic carbocycles. The second-order valence-corrected chi connectivity index (χ2v) is 4.35. The smallest absolute Gasteiger partial charge is 0.250 e. The van der Waals surface area contributed by atoms with E-state index in [9.17, 15) is 9.59 Å². The fourth-order valence-electron chi connectivity index (χ4n) is 1.27. The van der Waals surface area contributed by atoms with Gasteiger partial charge in [0.15, 0.2) is 0 Å². The minimum absolute atomic E-state index is 0.0143. The minimum Gasteiger partial charge on any atom is -0.325 e. The van der Waals surface area contributed by atoms with E-state index in [4.69, 9.17) is 0 Å². The third kappa shape index (κ3) is 4.18. The number of rotatable bonds is 5. The van der Waals surface area contributed by atoms with Crippen LogP contribution in [-0.2, 0) is 11.8 Å². The number of carbonyl (C=O) groups is 1. The highest BCUT2D eigenvalue weighted by Gasteiger charge is 2.02. The van der Waals surface area contributed by atoms with Crippen LogP contribution in [0.1, 0.15) is 19.3 Å². The van der Waals surface area contributed by atoms with Crippen LogP contribution in [0.5, 0.6) is 0 Å². The Morgan fingerprint density at radius 3 is 2.81 bits per heavy atom. The third-order valence-electron chi connectivity index (χ3n) is 2.16. The third-order valence-corrected chi connectivity index (χ3v) is 2.72. The van der Waals surface area contributed by atoms with Crippen LogP contribution in [0.25, 0.3) is 0 Å². The topological polar surface area (TPSA) is 51.1 Å². The van der Waals surface area contributed by atoms with Crippen molar-refractivity contribution in [2.24, 2.45) is 7.05 Å². The van der Waals surface area contributed by atoms with Gasteiger partial charge in [0.1, 0.15) is 0 Å². The standard InChI is InChI=1S/C11H15BrN2O2/c1-14-8-9(5-6-11(14)16)13-10(15)4-2-3-7-12/h5-6,8H,2-4,7H2,1H3,(H,13,15). The molecule has 1 heterocycles. The second-order valence-electron chi connectivity index (χ2n) is 3.56. The summed E-state index contributed by atoms with van der Waals surface area (Å²) in [4.78, 5) is 22.6. The molecule has 0 spiro atoms. The number of alkyl halides is 1. The van der Waals surface area contributed by atoms with Crippen LogP contribution in [0.2, 0.25) is 0 Å². The van der Waals surface area contributed by atoms with Crippen molar-refractivity contribution in [3.8, 4) is 0 Å². The van der Waals surface area contributed by atoms with Gasteiger partial charge in [-0.25, -0.2) is 0 Å². The SMILES string of the molecule is Cn1cc(NC(=O)CCCCBr)ccc1=O. The molecular weight excluding hydrogens is 272 g/mol. The average molecular weight is 287 g/mol. The number of aromatic nitrogens is 1. The number of nitrogens with one attached hydrogen (secondary N) is 1. The van der Waals surface area contributed by atoms with Gasteiger partial charge >= 0.3 is 0 Å². The minimum atomic E-state index is -0.0858. The molecule has 88 valence electrons. The van der Waals surface area contributed by atoms with Crippen molar-refractivity contribution in [3.05, 3.63) is 28.7 Å². The molecule has 0 saturated carbocycles. The first-order chi connectivity index (χ1) is 7.63. The van der Waals surface area contributed by atoms with E-state index >= 15 is 0 Å². The maximum Gasteiger partial charge on any atom is 0.250 e. The maximum absolute atomic E-state index is 11.5. The van der Waals surface area contributed by atoms with Crippen molar-refractivity contribution in [2.45, 2.75) is 19.3 Å². The van der Waals surface area contributed by atoms with Gasteiger partial charge in [0, 0.05) is 31.1 Å². The van der Waals surface area contributed by atoms with E-state index in [1.165, 1.54) is 10.6 Å². The first-order valence-electron chi connectivity index (χ1n) is 5.16. The number of unbranched alkanes of at least 4 members (excludes halogenated alkanes) is 1. The number of hydrogen-bond acceptors (Lipinski definition) is 2. The molecule has 0 unspecified atom stereocenters. The number of pyridine rings is 1. The normalized spacial score (nSPS) is 10.1. The lowest BCUT2D eigenvalue weighted by Crippen LogP contribution is -2.17. The quantitative estimate of drug-likeness (QED) is 0.664. The van der Waals surface area contributed by atoms with Gasteiger partial charge in [-0.05, 0) is 18.9 Å². The van der Waals surface area contributed by atoms with Crippen LogP contribution < -0.4 is 10.9 Å². The molecule has 1 aromatic heterocycles. The highest BCUT2D eigenvalue weighted by molar-refractivity contribution is 9.09. The van der Waals surface area contributed by atoms with Crippen molar-refractivity contribution >= 4 is 27.5 Å². The summed E-state index contributed by atoms with van der Waals surface area (Å²) in [5.41, 5.74) is 0.572. The predicted octanol–water partition coefficient (Wildman–Crippen LogP) is 1.89. The average Bonchev–Trinajstić information content (AvgIpc) is 2.24. The first-order valence-corrected chi connectivity index (χ1v) is 6.28. The van der Waals surface area contributed by atoms with Gasteiger partial charge in [-0.1, -0.05) is 15.9 Å². The molecule has 1 N–H and O–H groups in total. The summed E-state index contributed by atoms with van der Waals surface area (Å²) in [5.74, 6) is -0.0143. The lowest BCUT2D eigenvalue weighted by atomic mass is 10.2. The van der Waals surface area contributed by atoms with Gasteiger partial charge in [-0.3, -0.25) is 9.59 Å². The van der Waals surface area contributed by atoms with Gasteiger partial charge in [0.25, 0.3) is 0 Å². The molecule has 16 heavy (non-hydrogen) atoms. The Morgan fingerprint density at radius 1 is 1.44 bits per heavy atom. The zero-order chi connectivity index (χ0) is 12.0. The Morgan fingerprint density at radius 2 is 2.19 bits per heavy atom. The van der Waals surface area contributed by atoms with Gasteiger partial charge in [-0.2, -0.15) is 0 Å². The van der Waals surface area contributed by atoms with Crippen LogP contribution in [-0.4, -0.2) is 15.8 Å². The summed E-state index contributed by atoms with van der Waals surface area (Å²) in [6.07, 6.45) is 3.97. The second kappa shape index (κ2) is 6.48. The molecule has 0 radical (unpaired) electrons. The van der Waals surface area contributed by atoms with Gasteiger partial charge < -0.3 is 9.88 Å². The van der Waals surface area contributed by atoms with Crippen molar-refractivity contribution < 1.29 is 4.79 Å². The number of carbonyl (C=O) groups excluding carboxylic acids is 1. The van der Waals surface area contributed by atoms with E-state index in [2.05, 4.69) is 21.2 Å². The number of halogens is 1. The number of hydrogen-bond donors (Lipinski definition) is 1. The van der Waals surface area contributed by atoms with Crippen molar-refractivity contribution in [3.63, 3.8) is 0 Å². The highest BCUT2D eigenvalue weighted by atomic mass is 79.9. The predicted molar refractivity (Wildman–Crippen MR) is 68.0 cm³/mol. The van der Waals surface area contributed by atoms with E-state index in [0.717, 1.165) is 18.2 Å². The summed E-state index contributed by atoms with van der Waals surface area (Å²) in [5, 5.41) is 3.67. The van der Waals surface area contributed by atoms with Crippen LogP contribution in [0.4, 0.5) is 5.69 Å². The van der Waals surface area contributed by atoms with Crippen LogP contribution in [0, 0.1) is 0 Å². The Hall–Kier alpha value is -1.10. The van der Waals surface area contributed by atoms with E-state index in [0.29, 0.717) is 12.1 Å². The van der Waals surface area contributed by atoms with Crippen molar-refractivity contribution in [1.29, 1.82) is 0 Å². The van der Waals surface area contributed by atoms with Gasteiger partial charge in [-0.15, -0.1) is 0 Å². The molecule has 5 heteroatoms. The zero-order valence-electron chi connectivity index (χ0n) is 9.20. The van der Waals surface area contributed by atoms with E-state index < -0.39 is 0 Å². The molecular formula is C11H15BrN2O2. The number of aryl methyl sites for hydroxylation is 1. The Kier molecular flexibility index (Phi) is 5.25. The highest BCUT2D eigenvalue weighted by Crippen LogP contribution is 2.05. The lowest BCUT2D eigenvalue weighted by molar-refractivity contribution is -0.116. The molecule has 4 nitrogen and oxygen atoms in total. The molecule has 0 bridgehead atoms. The largest absolute Gasteiger partial charge is 0.325 e. The Labute approximate surface area is 103 Å². The Bertz CT molecular complexity index is 415. The van der Waals surface area contributed by atoms with E-state index in [1.54, 1.807) is 19.3 Å². The zero-order valence-corrected chi connectivity index (χ0v) is 10.8. The molecule has 1 rings (SSSR count). The molecule has 0 saturated heterocycles. The molecule has 0 aliphatic rings. The van der Waals surface area contributed by atoms with Gasteiger partial charge in [0.2, 0.25) is 11.5 Å². The molecule has 0 aliphatic carbocycles. The van der Waals surface area contributed by atoms with Crippen molar-refractivity contribution in [1.82, 2.24) is 4.57 Å². The fraction of sp³-hybridized carbons (Fsp3) is 0.455. The summed E-state index contributed by atoms with van der Waals surface area (Å²) < 4.78 is 1.44. The molecule has 0 fully saturated rings. The fourth-order valence-corrected chi connectivity index (χ4v) is 1.67. The number of nitrogens with zero attached hydrogens (tertiary/aromatic N) is 1. The first kappa shape index (κ1) is 13.0. The monoisotopic (exact) mass is 286 g/mol. The summed E-state index contributed by atoms with van der Waals surface area (Å²) in [7, 11) is 1.66. The molecule has 0 atom stereocenters. The molecule has 1 aromatic rings. The number of amides is 1. The van der Waals surface area contributed by atoms with Crippen LogP contribution in [0.3, 0.4) is 0 Å². The van der Waals surface area contributed by atoms with E-state index in [-0.39, 0.29) is 11.5 Å². The molecule has 0 aliphatic heterocycles. The van der Waals surface area contributed by atoms with Crippen LogP contribution in [0.15, 0.2) is 23.1 Å². The summed E-state index contributed by atoms with van der Waals surface area (Å²) >= 11 is 3.31. The maximum atomic E-state index is 11.5. The summed E-state index contributed by atoms with van der Waals surface area (Å²) in [6, 6.07) is 3.05. The number of anilines is 1. The van der Waals surface area contributed by atoms with Crippen molar-refractivity contribution in [2.75, 3.05) is 10.6 Å². The van der Waals surface area contributed by atoms with Crippen LogP contribution >= 0.6 is 15.9 Å².